The average Bonchev–Trinajstić information content (AvgIpc) is 3.60. The number of nitrogens with zero attached hydrogens (tertiary/aromatic N) is 2. The minimum absolute atomic E-state index is 0.189. The Labute approximate surface area is 197 Å². The molecular weight excluding hydrogens is 440 g/mol. The fraction of sp³-hybridized carbons (Fsp3) is 0.480. The molecule has 0 spiro atoms. The number of piperazine rings is 1. The van der Waals surface area contributed by atoms with Gasteiger partial charge in [0.05, 0.1) is 11.7 Å². The van der Waals surface area contributed by atoms with Gasteiger partial charge in [0.15, 0.2) is 23.9 Å². The Balaban J connectivity index is 1.19. The monoisotopic (exact) mass is 468 g/mol. The first kappa shape index (κ1) is 22.3. The number of hydrogen-bond donors (Lipinski definition) is 0. The second-order valence-electron chi connectivity index (χ2n) is 8.87. The molecule has 2 amide bonds. The number of hydrogen-bond acceptors (Lipinski definition) is 7. The van der Waals surface area contributed by atoms with Crippen LogP contribution >= 0.6 is 0 Å². The number of rotatable bonds is 5. The predicted octanol–water partition coefficient (Wildman–Crippen LogP) is 2.39. The van der Waals surface area contributed by atoms with E-state index in [-0.39, 0.29) is 30.2 Å². The SMILES string of the molecule is O=C(COC(=O)C1(c2ccc3c(c2)OCCO3)CCCC1)N1CCN(C(=O)c2ccco2)CC1. The molecule has 3 aliphatic rings. The van der Waals surface area contributed by atoms with Crippen LogP contribution in [-0.2, 0) is 19.7 Å². The standard InChI is InChI=1S/C25H28N2O7/c28-22(26-9-11-27(12-10-26)23(29)20-4-3-13-31-20)17-34-24(30)25(7-1-2-8-25)18-5-6-19-21(16-18)33-15-14-32-19/h3-6,13,16H,1-2,7-12,14-15,17H2. The summed E-state index contributed by atoms with van der Waals surface area (Å²) < 4.78 is 22.1. The third-order valence-electron chi connectivity index (χ3n) is 6.92. The fourth-order valence-electron chi connectivity index (χ4n) is 5.00. The van der Waals surface area contributed by atoms with Crippen LogP contribution in [0.3, 0.4) is 0 Å². The molecule has 1 aromatic carbocycles. The molecule has 2 fully saturated rings. The highest BCUT2D eigenvalue weighted by atomic mass is 16.6. The van der Waals surface area contributed by atoms with Gasteiger partial charge in [-0.25, -0.2) is 0 Å². The largest absolute Gasteiger partial charge is 0.486 e. The van der Waals surface area contributed by atoms with E-state index in [1.807, 2.05) is 18.2 Å². The van der Waals surface area contributed by atoms with Crippen molar-refractivity contribution < 1.29 is 33.0 Å². The zero-order chi connectivity index (χ0) is 23.5. The number of carbonyl (C=O) groups excluding carboxylic acids is 3. The lowest BCUT2D eigenvalue weighted by Gasteiger charge is -2.34. The maximum atomic E-state index is 13.3. The summed E-state index contributed by atoms with van der Waals surface area (Å²) in [5.74, 6) is 0.786. The van der Waals surface area contributed by atoms with Gasteiger partial charge in [-0.1, -0.05) is 18.9 Å². The van der Waals surface area contributed by atoms with Gasteiger partial charge in [-0.15, -0.1) is 0 Å². The van der Waals surface area contributed by atoms with Crippen LogP contribution in [0.1, 0.15) is 41.8 Å². The van der Waals surface area contributed by atoms with E-state index in [4.69, 9.17) is 18.6 Å². The maximum Gasteiger partial charge on any atom is 0.317 e. The fourth-order valence-corrected chi connectivity index (χ4v) is 5.00. The molecule has 0 atom stereocenters. The summed E-state index contributed by atoms with van der Waals surface area (Å²) in [6, 6.07) is 8.91. The van der Waals surface area contributed by atoms with Crippen LogP contribution in [0.4, 0.5) is 0 Å². The Bertz CT molecular complexity index is 1050. The van der Waals surface area contributed by atoms with Gasteiger partial charge in [0, 0.05) is 26.2 Å². The number of carbonyl (C=O) groups is 3. The molecule has 34 heavy (non-hydrogen) atoms. The molecule has 0 N–H and O–H groups in total. The van der Waals surface area contributed by atoms with E-state index < -0.39 is 5.41 Å². The summed E-state index contributed by atoms with van der Waals surface area (Å²) in [7, 11) is 0. The number of ether oxygens (including phenoxy) is 3. The summed E-state index contributed by atoms with van der Waals surface area (Å²) in [4.78, 5) is 41.7. The van der Waals surface area contributed by atoms with E-state index in [1.165, 1.54) is 6.26 Å². The third-order valence-corrected chi connectivity index (χ3v) is 6.92. The molecule has 0 bridgehead atoms. The lowest BCUT2D eigenvalue weighted by Crippen LogP contribution is -2.51. The molecule has 2 aliphatic heterocycles. The molecule has 1 saturated heterocycles. The summed E-state index contributed by atoms with van der Waals surface area (Å²) in [5.41, 5.74) is 0.0707. The van der Waals surface area contributed by atoms with Crippen molar-refractivity contribution in [2.75, 3.05) is 46.0 Å². The van der Waals surface area contributed by atoms with Crippen LogP contribution in [0.2, 0.25) is 0 Å². The summed E-state index contributed by atoms with van der Waals surface area (Å²) >= 11 is 0. The topological polar surface area (TPSA) is 98.5 Å². The minimum Gasteiger partial charge on any atom is -0.486 e. The second kappa shape index (κ2) is 9.40. The van der Waals surface area contributed by atoms with E-state index in [1.54, 1.807) is 21.9 Å². The molecule has 180 valence electrons. The highest BCUT2D eigenvalue weighted by molar-refractivity contribution is 5.92. The van der Waals surface area contributed by atoms with Crippen molar-refractivity contribution in [3.05, 3.63) is 47.9 Å². The molecule has 9 heteroatoms. The molecule has 2 aromatic rings. The Morgan fingerprint density at radius 2 is 1.62 bits per heavy atom. The molecule has 0 unspecified atom stereocenters. The summed E-state index contributed by atoms with van der Waals surface area (Å²) in [5, 5.41) is 0. The Morgan fingerprint density at radius 1 is 0.912 bits per heavy atom. The second-order valence-corrected chi connectivity index (χ2v) is 8.87. The molecule has 9 nitrogen and oxygen atoms in total. The van der Waals surface area contributed by atoms with Gasteiger partial charge in [0.2, 0.25) is 0 Å². The van der Waals surface area contributed by atoms with Gasteiger partial charge >= 0.3 is 5.97 Å². The van der Waals surface area contributed by atoms with Crippen molar-refractivity contribution in [1.82, 2.24) is 9.80 Å². The normalized spacial score (nSPS) is 19.1. The maximum absolute atomic E-state index is 13.3. The minimum atomic E-state index is -0.774. The van der Waals surface area contributed by atoms with Crippen molar-refractivity contribution in [1.29, 1.82) is 0 Å². The molecular formula is C25H28N2O7. The highest BCUT2D eigenvalue weighted by Crippen LogP contribution is 2.45. The zero-order valence-electron chi connectivity index (χ0n) is 19.0. The van der Waals surface area contributed by atoms with Crippen molar-refractivity contribution in [2.24, 2.45) is 0 Å². The Morgan fingerprint density at radius 3 is 2.32 bits per heavy atom. The zero-order valence-corrected chi connectivity index (χ0v) is 19.0. The van der Waals surface area contributed by atoms with Gasteiger partial charge in [-0.05, 0) is 42.7 Å². The predicted molar refractivity (Wildman–Crippen MR) is 120 cm³/mol. The van der Waals surface area contributed by atoms with Crippen molar-refractivity contribution in [3.8, 4) is 11.5 Å². The molecule has 1 aliphatic carbocycles. The van der Waals surface area contributed by atoms with Gasteiger partial charge < -0.3 is 28.4 Å². The average molecular weight is 469 g/mol. The molecule has 1 saturated carbocycles. The van der Waals surface area contributed by atoms with Gasteiger partial charge in [-0.3, -0.25) is 14.4 Å². The first-order chi connectivity index (χ1) is 16.6. The van der Waals surface area contributed by atoms with Gasteiger partial charge in [-0.2, -0.15) is 0 Å². The van der Waals surface area contributed by atoms with Crippen LogP contribution in [0, 0.1) is 0 Å². The van der Waals surface area contributed by atoms with Crippen molar-refractivity contribution >= 4 is 17.8 Å². The van der Waals surface area contributed by atoms with Gasteiger partial charge in [0.1, 0.15) is 13.2 Å². The number of esters is 1. The lowest BCUT2D eigenvalue weighted by atomic mass is 9.78. The van der Waals surface area contributed by atoms with Crippen LogP contribution in [0.25, 0.3) is 0 Å². The number of fused-ring (bicyclic) bond motifs is 1. The van der Waals surface area contributed by atoms with E-state index in [2.05, 4.69) is 0 Å². The van der Waals surface area contributed by atoms with E-state index >= 15 is 0 Å². The first-order valence-corrected chi connectivity index (χ1v) is 11.7. The first-order valence-electron chi connectivity index (χ1n) is 11.7. The van der Waals surface area contributed by atoms with Crippen molar-refractivity contribution in [3.63, 3.8) is 0 Å². The van der Waals surface area contributed by atoms with Crippen LogP contribution in [0.5, 0.6) is 11.5 Å². The van der Waals surface area contributed by atoms with Gasteiger partial charge in [0.25, 0.3) is 11.8 Å². The number of amides is 2. The quantitative estimate of drug-likeness (QED) is 0.622. The smallest absolute Gasteiger partial charge is 0.317 e. The highest BCUT2D eigenvalue weighted by Gasteiger charge is 2.45. The molecule has 3 heterocycles. The number of benzene rings is 1. The van der Waals surface area contributed by atoms with Crippen LogP contribution in [0.15, 0.2) is 41.0 Å². The van der Waals surface area contributed by atoms with E-state index in [0.717, 1.165) is 18.4 Å². The molecule has 0 radical (unpaired) electrons. The molecule has 1 aromatic heterocycles. The molecule has 5 rings (SSSR count). The van der Waals surface area contributed by atoms with Crippen LogP contribution in [-0.4, -0.2) is 73.6 Å². The Kier molecular flexibility index (Phi) is 6.17. The third kappa shape index (κ3) is 4.22. The summed E-state index contributed by atoms with van der Waals surface area (Å²) in [6.07, 6.45) is 4.65. The van der Waals surface area contributed by atoms with Crippen LogP contribution < -0.4 is 9.47 Å². The van der Waals surface area contributed by atoms with Crippen molar-refractivity contribution in [2.45, 2.75) is 31.1 Å². The lowest BCUT2D eigenvalue weighted by molar-refractivity contribution is -0.157. The Hall–Kier alpha value is -3.49. The number of furan rings is 1. The van der Waals surface area contributed by atoms with E-state index in [9.17, 15) is 14.4 Å². The summed E-state index contributed by atoms with van der Waals surface area (Å²) in [6.45, 7) is 2.25. The van der Waals surface area contributed by atoms with E-state index in [0.29, 0.717) is 63.7 Å².